The fourth-order valence-electron chi connectivity index (χ4n) is 1.84. The van der Waals surface area contributed by atoms with Crippen LogP contribution in [-0.4, -0.2) is 12.3 Å². The van der Waals surface area contributed by atoms with Gasteiger partial charge in [0.25, 0.3) is 0 Å². The summed E-state index contributed by atoms with van der Waals surface area (Å²) in [6.07, 6.45) is 0. The van der Waals surface area contributed by atoms with E-state index >= 15 is 0 Å². The van der Waals surface area contributed by atoms with Crippen LogP contribution in [0.5, 0.6) is 0 Å². The summed E-state index contributed by atoms with van der Waals surface area (Å²) >= 11 is 1.80. The van der Waals surface area contributed by atoms with Gasteiger partial charge in [0, 0.05) is 23.1 Å². The van der Waals surface area contributed by atoms with Crippen LogP contribution in [0.4, 0.5) is 4.39 Å². The number of benzene rings is 1. The highest BCUT2D eigenvalue weighted by Crippen LogP contribution is 2.32. The molecule has 0 aliphatic carbocycles. The number of thioether (sulfide) groups is 1. The first-order valence-corrected chi connectivity index (χ1v) is 6.06. The Morgan fingerprint density at radius 3 is 3.21 bits per heavy atom. The van der Waals surface area contributed by atoms with Crippen LogP contribution in [0, 0.1) is 5.82 Å². The van der Waals surface area contributed by atoms with Gasteiger partial charge in [0.1, 0.15) is 5.82 Å². The highest BCUT2D eigenvalue weighted by atomic mass is 32.2. The molecule has 1 N–H and O–H groups in total. The van der Waals surface area contributed by atoms with Gasteiger partial charge < -0.3 is 5.32 Å². The summed E-state index contributed by atoms with van der Waals surface area (Å²) in [6, 6.07) is 5.71. The summed E-state index contributed by atoms with van der Waals surface area (Å²) in [6.45, 7) is 3.01. The van der Waals surface area contributed by atoms with E-state index in [4.69, 9.17) is 0 Å². The van der Waals surface area contributed by atoms with Gasteiger partial charge >= 0.3 is 0 Å². The summed E-state index contributed by atoms with van der Waals surface area (Å²) in [5, 5.41) is 3.38. The molecule has 0 saturated heterocycles. The molecule has 1 aliphatic rings. The van der Waals surface area contributed by atoms with E-state index in [9.17, 15) is 4.39 Å². The van der Waals surface area contributed by atoms with Crippen molar-refractivity contribution >= 4 is 11.8 Å². The predicted octanol–water partition coefficient (Wildman–Crippen LogP) is 2.72. The smallest absolute Gasteiger partial charge is 0.127 e. The molecule has 76 valence electrons. The van der Waals surface area contributed by atoms with Gasteiger partial charge in [-0.1, -0.05) is 19.1 Å². The lowest BCUT2D eigenvalue weighted by Crippen LogP contribution is -2.26. The van der Waals surface area contributed by atoms with Gasteiger partial charge in [0.05, 0.1) is 0 Å². The second kappa shape index (κ2) is 4.32. The maximum atomic E-state index is 13.4. The van der Waals surface area contributed by atoms with E-state index in [1.807, 2.05) is 6.07 Å². The Morgan fingerprint density at radius 2 is 2.43 bits per heavy atom. The molecule has 3 heteroatoms. The third-order valence-corrected chi connectivity index (χ3v) is 3.57. The van der Waals surface area contributed by atoms with E-state index in [2.05, 4.69) is 12.2 Å². The van der Waals surface area contributed by atoms with E-state index in [1.165, 1.54) is 0 Å². The zero-order chi connectivity index (χ0) is 9.97. The van der Waals surface area contributed by atoms with Crippen molar-refractivity contribution < 1.29 is 4.39 Å². The van der Waals surface area contributed by atoms with Crippen molar-refractivity contribution in [1.29, 1.82) is 0 Å². The Hall–Kier alpha value is -0.540. The molecule has 0 saturated carbocycles. The van der Waals surface area contributed by atoms with Crippen molar-refractivity contribution in [3.05, 3.63) is 35.1 Å². The molecule has 0 spiro atoms. The molecule has 0 aromatic heterocycles. The molecular formula is C11H14FNS. The van der Waals surface area contributed by atoms with Gasteiger partial charge in [-0.2, -0.15) is 11.8 Å². The number of halogens is 1. The highest BCUT2D eigenvalue weighted by molar-refractivity contribution is 7.98. The molecule has 1 heterocycles. The van der Waals surface area contributed by atoms with E-state index < -0.39 is 0 Å². The van der Waals surface area contributed by atoms with Crippen molar-refractivity contribution in [2.45, 2.75) is 18.7 Å². The average molecular weight is 211 g/mol. The van der Waals surface area contributed by atoms with Crippen LogP contribution in [0.3, 0.4) is 0 Å². The molecular weight excluding hydrogens is 197 g/mol. The number of rotatable bonds is 2. The molecule has 2 rings (SSSR count). The number of hydrogen-bond acceptors (Lipinski definition) is 2. The standard InChI is InChI=1S/C11H14FNS/c1-2-13-11-7-14-6-9-8(11)4-3-5-10(9)12/h3-5,11,13H,2,6-7H2,1H3. The summed E-state index contributed by atoms with van der Waals surface area (Å²) in [7, 11) is 0. The van der Waals surface area contributed by atoms with E-state index in [0.717, 1.165) is 29.2 Å². The van der Waals surface area contributed by atoms with Crippen molar-refractivity contribution in [3.8, 4) is 0 Å². The van der Waals surface area contributed by atoms with Gasteiger partial charge in [0.15, 0.2) is 0 Å². The minimum absolute atomic E-state index is 0.0578. The minimum atomic E-state index is -0.0578. The number of nitrogens with one attached hydrogen (secondary N) is 1. The lowest BCUT2D eigenvalue weighted by Gasteiger charge is -2.25. The van der Waals surface area contributed by atoms with Gasteiger partial charge in [-0.05, 0) is 18.2 Å². The zero-order valence-electron chi connectivity index (χ0n) is 8.22. The van der Waals surface area contributed by atoms with Crippen LogP contribution >= 0.6 is 11.8 Å². The molecule has 1 nitrogen and oxygen atoms in total. The molecule has 14 heavy (non-hydrogen) atoms. The van der Waals surface area contributed by atoms with E-state index in [0.29, 0.717) is 6.04 Å². The monoisotopic (exact) mass is 211 g/mol. The number of fused-ring (bicyclic) bond motifs is 1. The SMILES string of the molecule is CCNC1CSCc2c(F)cccc21. The third kappa shape index (κ3) is 1.79. The molecule has 0 amide bonds. The molecule has 0 radical (unpaired) electrons. The normalized spacial score (nSPS) is 20.6. The van der Waals surface area contributed by atoms with Crippen LogP contribution in [-0.2, 0) is 5.75 Å². The third-order valence-electron chi connectivity index (χ3n) is 2.51. The largest absolute Gasteiger partial charge is 0.309 e. The fourth-order valence-corrected chi connectivity index (χ4v) is 3.00. The molecule has 1 atom stereocenters. The van der Waals surface area contributed by atoms with E-state index in [1.54, 1.807) is 23.9 Å². The molecule has 1 aromatic rings. The topological polar surface area (TPSA) is 12.0 Å². The Balaban J connectivity index is 2.34. The van der Waals surface area contributed by atoms with Gasteiger partial charge in [-0.25, -0.2) is 4.39 Å². The fraction of sp³-hybridized carbons (Fsp3) is 0.455. The van der Waals surface area contributed by atoms with Crippen LogP contribution in [0.15, 0.2) is 18.2 Å². The molecule has 0 fully saturated rings. The molecule has 1 aromatic carbocycles. The van der Waals surface area contributed by atoms with Crippen molar-refractivity contribution in [3.63, 3.8) is 0 Å². The Morgan fingerprint density at radius 1 is 1.57 bits per heavy atom. The Kier molecular flexibility index (Phi) is 3.08. The van der Waals surface area contributed by atoms with Gasteiger partial charge in [-0.15, -0.1) is 0 Å². The lowest BCUT2D eigenvalue weighted by atomic mass is 10.0. The minimum Gasteiger partial charge on any atom is -0.309 e. The average Bonchev–Trinajstić information content (AvgIpc) is 2.20. The summed E-state index contributed by atoms with van der Waals surface area (Å²) < 4.78 is 13.4. The van der Waals surface area contributed by atoms with Crippen molar-refractivity contribution in [1.82, 2.24) is 5.32 Å². The first-order chi connectivity index (χ1) is 6.83. The Labute approximate surface area is 88.1 Å². The molecule has 1 unspecified atom stereocenters. The quantitative estimate of drug-likeness (QED) is 0.807. The Bertz CT molecular complexity index is 327. The summed E-state index contributed by atoms with van der Waals surface area (Å²) in [4.78, 5) is 0. The first kappa shape index (κ1) is 9.99. The lowest BCUT2D eigenvalue weighted by molar-refractivity contribution is 0.572. The van der Waals surface area contributed by atoms with Crippen LogP contribution in [0.25, 0.3) is 0 Å². The predicted molar refractivity (Wildman–Crippen MR) is 59.0 cm³/mol. The van der Waals surface area contributed by atoms with Gasteiger partial charge in [-0.3, -0.25) is 0 Å². The summed E-state index contributed by atoms with van der Waals surface area (Å²) in [5.41, 5.74) is 2.03. The maximum Gasteiger partial charge on any atom is 0.127 e. The summed E-state index contributed by atoms with van der Waals surface area (Å²) in [5.74, 6) is 1.80. The second-order valence-corrected chi connectivity index (χ2v) is 4.46. The second-order valence-electron chi connectivity index (χ2n) is 3.43. The molecule has 1 aliphatic heterocycles. The van der Waals surface area contributed by atoms with Crippen LogP contribution < -0.4 is 5.32 Å². The highest BCUT2D eigenvalue weighted by Gasteiger charge is 2.21. The van der Waals surface area contributed by atoms with E-state index in [-0.39, 0.29) is 5.82 Å². The van der Waals surface area contributed by atoms with Crippen LogP contribution in [0.1, 0.15) is 24.1 Å². The first-order valence-electron chi connectivity index (χ1n) is 4.91. The van der Waals surface area contributed by atoms with Gasteiger partial charge in [0.2, 0.25) is 0 Å². The van der Waals surface area contributed by atoms with Crippen molar-refractivity contribution in [2.24, 2.45) is 0 Å². The zero-order valence-corrected chi connectivity index (χ0v) is 9.03. The molecule has 0 bridgehead atoms. The van der Waals surface area contributed by atoms with Crippen LogP contribution in [0.2, 0.25) is 0 Å². The number of hydrogen-bond donors (Lipinski definition) is 1. The maximum absolute atomic E-state index is 13.4. The van der Waals surface area contributed by atoms with Crippen molar-refractivity contribution in [2.75, 3.05) is 12.3 Å².